The van der Waals surface area contributed by atoms with Gasteiger partial charge in [0.25, 0.3) is 0 Å². The average molecular weight is 272 g/mol. The number of aromatic nitrogens is 2. The second-order valence-electron chi connectivity index (χ2n) is 4.00. The summed E-state index contributed by atoms with van der Waals surface area (Å²) in [7, 11) is 1.80. The molecule has 3 nitrogen and oxygen atoms in total. The van der Waals surface area contributed by atoms with Gasteiger partial charge < -0.3 is 5.32 Å². The number of aryl methyl sites for hydroxylation is 2. The fourth-order valence-electron chi connectivity index (χ4n) is 1.72. The van der Waals surface area contributed by atoms with Crippen molar-refractivity contribution in [3.8, 4) is 0 Å². The third-order valence-electron chi connectivity index (χ3n) is 2.55. The van der Waals surface area contributed by atoms with E-state index >= 15 is 0 Å². The van der Waals surface area contributed by atoms with Crippen molar-refractivity contribution in [2.75, 3.05) is 5.32 Å². The van der Waals surface area contributed by atoms with E-state index in [4.69, 9.17) is 11.6 Å². The van der Waals surface area contributed by atoms with Gasteiger partial charge in [0.2, 0.25) is 0 Å². The van der Waals surface area contributed by atoms with E-state index < -0.39 is 11.6 Å². The minimum absolute atomic E-state index is 0.0198. The highest BCUT2D eigenvalue weighted by atomic mass is 35.5. The molecule has 0 saturated heterocycles. The molecule has 0 fully saturated rings. The smallest absolute Gasteiger partial charge is 0.150 e. The number of hydrogen-bond donors (Lipinski definition) is 1. The van der Waals surface area contributed by atoms with E-state index in [-0.39, 0.29) is 10.7 Å². The molecular weight excluding hydrogens is 260 g/mol. The predicted molar refractivity (Wildman–Crippen MR) is 66.6 cm³/mol. The van der Waals surface area contributed by atoms with Gasteiger partial charge in [-0.1, -0.05) is 11.6 Å². The van der Waals surface area contributed by atoms with Crippen molar-refractivity contribution in [1.29, 1.82) is 0 Å². The summed E-state index contributed by atoms with van der Waals surface area (Å²) in [5.74, 6) is -1.40. The molecule has 1 aromatic heterocycles. The predicted octanol–water partition coefficient (Wildman–Crippen LogP) is 3.27. The van der Waals surface area contributed by atoms with Crippen LogP contribution in [0.4, 0.5) is 14.5 Å². The molecular formula is C12H12ClF2N3. The van der Waals surface area contributed by atoms with Gasteiger partial charge >= 0.3 is 0 Å². The topological polar surface area (TPSA) is 29.9 Å². The molecule has 0 atom stereocenters. The SMILES string of the molecule is Cc1cc(CNc2c(F)cc(F)cc2Cl)n(C)n1. The first-order valence-corrected chi connectivity index (χ1v) is 5.73. The van der Waals surface area contributed by atoms with Gasteiger partial charge in [-0.3, -0.25) is 4.68 Å². The Balaban J connectivity index is 2.18. The summed E-state index contributed by atoms with van der Waals surface area (Å²) in [6.07, 6.45) is 0. The third-order valence-corrected chi connectivity index (χ3v) is 2.85. The Labute approximate surface area is 108 Å². The molecule has 96 valence electrons. The standard InChI is InChI=1S/C12H12ClF2N3/c1-7-3-9(18(2)17-7)6-16-12-10(13)4-8(14)5-11(12)15/h3-5,16H,6H2,1-2H3. The summed E-state index contributed by atoms with van der Waals surface area (Å²) >= 11 is 5.78. The first-order valence-electron chi connectivity index (χ1n) is 5.35. The molecule has 6 heteroatoms. The highest BCUT2D eigenvalue weighted by molar-refractivity contribution is 6.33. The van der Waals surface area contributed by atoms with E-state index in [0.717, 1.165) is 23.5 Å². The summed E-state index contributed by atoms with van der Waals surface area (Å²) in [6.45, 7) is 2.23. The zero-order chi connectivity index (χ0) is 13.3. The lowest BCUT2D eigenvalue weighted by atomic mass is 10.2. The molecule has 0 aliphatic heterocycles. The largest absolute Gasteiger partial charge is 0.376 e. The molecule has 18 heavy (non-hydrogen) atoms. The number of rotatable bonds is 3. The molecule has 0 radical (unpaired) electrons. The lowest BCUT2D eigenvalue weighted by Crippen LogP contribution is -2.07. The summed E-state index contributed by atoms with van der Waals surface area (Å²) < 4.78 is 28.1. The molecule has 0 saturated carbocycles. The van der Waals surface area contributed by atoms with Crippen molar-refractivity contribution in [2.45, 2.75) is 13.5 Å². The Kier molecular flexibility index (Phi) is 3.52. The lowest BCUT2D eigenvalue weighted by Gasteiger charge is -2.09. The van der Waals surface area contributed by atoms with Crippen LogP contribution in [-0.4, -0.2) is 9.78 Å². The average Bonchev–Trinajstić information content (AvgIpc) is 2.55. The van der Waals surface area contributed by atoms with Gasteiger partial charge in [0.05, 0.1) is 28.6 Å². The van der Waals surface area contributed by atoms with E-state index in [0.29, 0.717) is 6.54 Å². The van der Waals surface area contributed by atoms with E-state index in [9.17, 15) is 8.78 Å². The fourth-order valence-corrected chi connectivity index (χ4v) is 1.98. The number of hydrogen-bond acceptors (Lipinski definition) is 2. The molecule has 0 amide bonds. The first kappa shape index (κ1) is 12.8. The van der Waals surface area contributed by atoms with Crippen LogP contribution in [-0.2, 0) is 13.6 Å². The second kappa shape index (κ2) is 4.94. The molecule has 1 heterocycles. The Bertz CT molecular complexity index is 558. The first-order chi connectivity index (χ1) is 8.47. The van der Waals surface area contributed by atoms with Gasteiger partial charge in [0, 0.05) is 13.1 Å². The van der Waals surface area contributed by atoms with Crippen LogP contribution in [0.5, 0.6) is 0 Å². The van der Waals surface area contributed by atoms with Crippen LogP contribution in [0.25, 0.3) is 0 Å². The molecule has 0 spiro atoms. The van der Waals surface area contributed by atoms with Crippen LogP contribution >= 0.6 is 11.6 Å². The maximum atomic E-state index is 13.5. The molecule has 1 N–H and O–H groups in total. The van der Waals surface area contributed by atoms with Gasteiger partial charge in [0.1, 0.15) is 5.82 Å². The zero-order valence-electron chi connectivity index (χ0n) is 9.97. The monoisotopic (exact) mass is 271 g/mol. The van der Waals surface area contributed by atoms with Crippen molar-refractivity contribution in [3.05, 3.63) is 46.2 Å². The highest BCUT2D eigenvalue weighted by Gasteiger charge is 2.10. The van der Waals surface area contributed by atoms with E-state index in [2.05, 4.69) is 10.4 Å². The minimum atomic E-state index is -0.709. The van der Waals surface area contributed by atoms with Crippen LogP contribution < -0.4 is 5.32 Å². The van der Waals surface area contributed by atoms with E-state index in [1.54, 1.807) is 11.7 Å². The number of benzene rings is 1. The van der Waals surface area contributed by atoms with Gasteiger partial charge in [-0.2, -0.15) is 5.10 Å². The molecule has 2 aromatic rings. The minimum Gasteiger partial charge on any atom is -0.376 e. The molecule has 0 aliphatic rings. The highest BCUT2D eigenvalue weighted by Crippen LogP contribution is 2.26. The van der Waals surface area contributed by atoms with Crippen molar-refractivity contribution < 1.29 is 8.78 Å². The summed E-state index contributed by atoms with van der Waals surface area (Å²) in [4.78, 5) is 0. The third kappa shape index (κ3) is 2.61. The van der Waals surface area contributed by atoms with Crippen molar-refractivity contribution in [2.24, 2.45) is 7.05 Å². The Hall–Kier alpha value is -1.62. The maximum absolute atomic E-state index is 13.5. The normalized spacial score (nSPS) is 10.7. The number of nitrogens with zero attached hydrogens (tertiary/aromatic N) is 2. The van der Waals surface area contributed by atoms with E-state index in [1.807, 2.05) is 13.0 Å². The number of halogens is 3. The van der Waals surface area contributed by atoms with Crippen LogP contribution in [0.3, 0.4) is 0 Å². The number of anilines is 1. The van der Waals surface area contributed by atoms with E-state index in [1.165, 1.54) is 0 Å². The van der Waals surface area contributed by atoms with Crippen molar-refractivity contribution in [1.82, 2.24) is 9.78 Å². The fraction of sp³-hybridized carbons (Fsp3) is 0.250. The molecule has 0 unspecified atom stereocenters. The summed E-state index contributed by atoms with van der Waals surface area (Å²) in [6, 6.07) is 3.74. The summed E-state index contributed by atoms with van der Waals surface area (Å²) in [5, 5.41) is 7.04. The molecule has 0 aliphatic carbocycles. The molecule has 1 aromatic carbocycles. The second-order valence-corrected chi connectivity index (χ2v) is 4.41. The molecule has 0 bridgehead atoms. The summed E-state index contributed by atoms with van der Waals surface area (Å²) in [5.41, 5.74) is 1.85. The lowest BCUT2D eigenvalue weighted by molar-refractivity contribution is 0.585. The van der Waals surface area contributed by atoms with Gasteiger partial charge in [-0.15, -0.1) is 0 Å². The Morgan fingerprint density at radius 3 is 2.61 bits per heavy atom. The van der Waals surface area contributed by atoms with Crippen LogP contribution in [0.15, 0.2) is 18.2 Å². The van der Waals surface area contributed by atoms with Crippen LogP contribution in [0.1, 0.15) is 11.4 Å². The van der Waals surface area contributed by atoms with Crippen LogP contribution in [0.2, 0.25) is 5.02 Å². The van der Waals surface area contributed by atoms with Gasteiger partial charge in [-0.25, -0.2) is 8.78 Å². The maximum Gasteiger partial charge on any atom is 0.150 e. The Morgan fingerprint density at radius 1 is 1.33 bits per heavy atom. The van der Waals surface area contributed by atoms with Gasteiger partial charge in [0.15, 0.2) is 5.82 Å². The molecule has 2 rings (SSSR count). The van der Waals surface area contributed by atoms with Gasteiger partial charge in [-0.05, 0) is 19.1 Å². The van der Waals surface area contributed by atoms with Crippen LogP contribution in [0, 0.1) is 18.6 Å². The Morgan fingerprint density at radius 2 is 2.06 bits per heavy atom. The quantitative estimate of drug-likeness (QED) is 0.928. The number of nitrogens with one attached hydrogen (secondary N) is 1. The zero-order valence-corrected chi connectivity index (χ0v) is 10.7. The van der Waals surface area contributed by atoms with Crippen molar-refractivity contribution >= 4 is 17.3 Å². The van der Waals surface area contributed by atoms with Crippen molar-refractivity contribution in [3.63, 3.8) is 0 Å².